The number of hydrogen-bond donors (Lipinski definition) is 0. The summed E-state index contributed by atoms with van der Waals surface area (Å²) in [6, 6.07) is 15.9. The second kappa shape index (κ2) is 9.14. The number of benzene rings is 2. The predicted octanol–water partition coefficient (Wildman–Crippen LogP) is 3.09. The van der Waals surface area contributed by atoms with E-state index in [1.807, 2.05) is 53.2 Å². The average Bonchev–Trinajstić information content (AvgIpc) is 3.25. The summed E-state index contributed by atoms with van der Waals surface area (Å²) in [5.74, 6) is 0.0388. The first kappa shape index (κ1) is 23.4. The van der Waals surface area contributed by atoms with E-state index in [1.54, 1.807) is 11.8 Å². The number of hydrogen-bond acceptors (Lipinski definition) is 5. The van der Waals surface area contributed by atoms with E-state index in [4.69, 9.17) is 4.74 Å². The van der Waals surface area contributed by atoms with Gasteiger partial charge in [-0.1, -0.05) is 30.3 Å². The Hall–Kier alpha value is -4.01. The summed E-state index contributed by atoms with van der Waals surface area (Å²) in [5, 5.41) is 1.14. The van der Waals surface area contributed by atoms with E-state index in [2.05, 4.69) is 21.6 Å². The number of piperazine rings is 1. The van der Waals surface area contributed by atoms with E-state index in [0.29, 0.717) is 44.9 Å². The van der Waals surface area contributed by atoms with Crippen LogP contribution in [0.4, 0.5) is 10.5 Å². The minimum absolute atomic E-state index is 0.00868. The molecule has 0 saturated carbocycles. The maximum Gasteiger partial charge on any atom is 0.409 e. The van der Waals surface area contributed by atoms with Gasteiger partial charge in [0.15, 0.2) is 0 Å². The minimum atomic E-state index is -0.328. The molecular formula is C28H31N5O4. The van der Waals surface area contributed by atoms with Crippen LogP contribution in [-0.2, 0) is 22.5 Å². The molecule has 3 aromatic rings. The number of anilines is 1. The summed E-state index contributed by atoms with van der Waals surface area (Å²) in [6.45, 7) is 4.80. The Balaban J connectivity index is 1.34. The van der Waals surface area contributed by atoms with Crippen molar-refractivity contribution in [1.82, 2.24) is 19.3 Å². The SMILES string of the molecule is CCOC(=O)N1CCN(C(=O)Cn2c3c(c4ccccc42)CCN2C(=O)c4ccccc4N(C)C32)CC1. The van der Waals surface area contributed by atoms with E-state index in [0.717, 1.165) is 28.7 Å². The molecule has 3 aliphatic rings. The fraction of sp³-hybridized carbons (Fsp3) is 0.393. The van der Waals surface area contributed by atoms with Gasteiger partial charge in [0.05, 0.1) is 23.6 Å². The summed E-state index contributed by atoms with van der Waals surface area (Å²) >= 11 is 0. The van der Waals surface area contributed by atoms with Crippen LogP contribution in [0, 0.1) is 0 Å². The molecule has 0 aliphatic carbocycles. The maximum atomic E-state index is 13.6. The van der Waals surface area contributed by atoms with Crippen molar-refractivity contribution < 1.29 is 19.1 Å². The van der Waals surface area contributed by atoms with E-state index >= 15 is 0 Å². The van der Waals surface area contributed by atoms with Crippen molar-refractivity contribution in [2.45, 2.75) is 26.1 Å². The average molecular weight is 502 g/mol. The fourth-order valence-corrected chi connectivity index (χ4v) is 6.07. The number of nitrogens with zero attached hydrogens (tertiary/aromatic N) is 5. The van der Waals surface area contributed by atoms with Crippen molar-refractivity contribution in [2.24, 2.45) is 0 Å². The van der Waals surface area contributed by atoms with Gasteiger partial charge in [0, 0.05) is 50.7 Å². The van der Waals surface area contributed by atoms with Crippen LogP contribution in [0.1, 0.15) is 34.7 Å². The molecule has 1 unspecified atom stereocenters. The van der Waals surface area contributed by atoms with E-state index < -0.39 is 0 Å². The van der Waals surface area contributed by atoms with E-state index in [9.17, 15) is 14.4 Å². The normalized spacial score (nSPS) is 19.0. The first-order valence-corrected chi connectivity index (χ1v) is 12.9. The van der Waals surface area contributed by atoms with Gasteiger partial charge < -0.3 is 28.9 Å². The zero-order valence-corrected chi connectivity index (χ0v) is 21.2. The summed E-state index contributed by atoms with van der Waals surface area (Å²) in [7, 11) is 2.02. The molecule has 1 aromatic heterocycles. The molecule has 1 atom stereocenters. The number of carbonyl (C=O) groups excluding carboxylic acids is 3. The van der Waals surface area contributed by atoms with Crippen LogP contribution in [0.5, 0.6) is 0 Å². The van der Waals surface area contributed by atoms with Crippen molar-refractivity contribution in [1.29, 1.82) is 0 Å². The molecule has 37 heavy (non-hydrogen) atoms. The number of amides is 3. The first-order valence-electron chi connectivity index (χ1n) is 12.9. The van der Waals surface area contributed by atoms with Crippen molar-refractivity contribution in [3.63, 3.8) is 0 Å². The molecule has 0 bridgehead atoms. The molecule has 4 heterocycles. The maximum absolute atomic E-state index is 13.6. The van der Waals surface area contributed by atoms with Gasteiger partial charge in [0.25, 0.3) is 5.91 Å². The number of aromatic nitrogens is 1. The molecule has 0 spiro atoms. The van der Waals surface area contributed by atoms with Crippen molar-refractivity contribution in [3.8, 4) is 0 Å². The molecule has 3 amide bonds. The molecular weight excluding hydrogens is 470 g/mol. The molecule has 9 heteroatoms. The Morgan fingerprint density at radius 3 is 2.43 bits per heavy atom. The molecule has 1 fully saturated rings. The molecule has 0 N–H and O–H groups in total. The van der Waals surface area contributed by atoms with Gasteiger partial charge >= 0.3 is 6.09 Å². The number of fused-ring (bicyclic) bond motifs is 6. The first-order chi connectivity index (χ1) is 18.0. The Morgan fingerprint density at radius 1 is 0.946 bits per heavy atom. The highest BCUT2D eigenvalue weighted by atomic mass is 16.6. The van der Waals surface area contributed by atoms with Gasteiger partial charge in [0.2, 0.25) is 5.91 Å². The Bertz CT molecular complexity index is 1390. The van der Waals surface area contributed by atoms with Crippen LogP contribution in [0.2, 0.25) is 0 Å². The van der Waals surface area contributed by atoms with E-state index in [1.165, 1.54) is 5.56 Å². The third-order valence-corrected chi connectivity index (χ3v) is 7.86. The van der Waals surface area contributed by atoms with Crippen LogP contribution < -0.4 is 4.90 Å². The third kappa shape index (κ3) is 3.72. The van der Waals surface area contributed by atoms with Gasteiger partial charge in [-0.15, -0.1) is 0 Å². The quantitative estimate of drug-likeness (QED) is 0.551. The molecule has 3 aliphatic heterocycles. The Labute approximate surface area is 215 Å². The second-order valence-electron chi connectivity index (χ2n) is 9.78. The number of ether oxygens (including phenoxy) is 1. The molecule has 6 rings (SSSR count). The zero-order valence-electron chi connectivity index (χ0n) is 21.2. The van der Waals surface area contributed by atoms with Crippen LogP contribution in [0.15, 0.2) is 48.5 Å². The third-order valence-electron chi connectivity index (χ3n) is 7.86. The van der Waals surface area contributed by atoms with Crippen molar-refractivity contribution in [3.05, 3.63) is 65.4 Å². The molecule has 9 nitrogen and oxygen atoms in total. The monoisotopic (exact) mass is 501 g/mol. The Kier molecular flexibility index (Phi) is 5.78. The number of para-hydroxylation sites is 2. The summed E-state index contributed by atoms with van der Waals surface area (Å²) in [6.07, 6.45) is 0.130. The van der Waals surface area contributed by atoms with Gasteiger partial charge in [0.1, 0.15) is 12.7 Å². The molecule has 2 aromatic carbocycles. The smallest absolute Gasteiger partial charge is 0.409 e. The highest BCUT2D eigenvalue weighted by Crippen LogP contribution is 2.44. The highest BCUT2D eigenvalue weighted by Gasteiger charge is 2.43. The Morgan fingerprint density at radius 2 is 1.65 bits per heavy atom. The fourth-order valence-electron chi connectivity index (χ4n) is 6.07. The lowest BCUT2D eigenvalue weighted by Crippen LogP contribution is -2.52. The predicted molar refractivity (Wildman–Crippen MR) is 139 cm³/mol. The van der Waals surface area contributed by atoms with Gasteiger partial charge in [-0.3, -0.25) is 9.59 Å². The van der Waals surface area contributed by atoms with Crippen LogP contribution >= 0.6 is 0 Å². The van der Waals surface area contributed by atoms with Crippen molar-refractivity contribution in [2.75, 3.05) is 51.3 Å². The summed E-state index contributed by atoms with van der Waals surface area (Å²) < 4.78 is 7.22. The summed E-state index contributed by atoms with van der Waals surface area (Å²) in [4.78, 5) is 46.7. The van der Waals surface area contributed by atoms with Crippen LogP contribution in [-0.4, -0.2) is 83.6 Å². The number of rotatable bonds is 3. The van der Waals surface area contributed by atoms with Crippen LogP contribution in [0.25, 0.3) is 10.9 Å². The molecule has 192 valence electrons. The standard InChI is InChI=1S/C28H31N5O4/c1-3-37-28(36)31-16-14-30(15-17-31)24(34)18-33-23-11-7-4-8-19(23)20-12-13-32-26(25(20)33)29(2)22-10-6-5-9-21(22)27(32)35/h4-11,26H,3,12-18H2,1-2H3. The summed E-state index contributed by atoms with van der Waals surface area (Å²) in [5.41, 5.74) is 4.84. The van der Waals surface area contributed by atoms with E-state index in [-0.39, 0.29) is 30.6 Å². The second-order valence-corrected chi connectivity index (χ2v) is 9.78. The van der Waals surface area contributed by atoms with Crippen LogP contribution in [0.3, 0.4) is 0 Å². The minimum Gasteiger partial charge on any atom is -0.450 e. The van der Waals surface area contributed by atoms with Gasteiger partial charge in [-0.25, -0.2) is 4.79 Å². The lowest BCUT2D eigenvalue weighted by molar-refractivity contribution is -0.133. The van der Waals surface area contributed by atoms with Crippen molar-refractivity contribution >= 4 is 34.5 Å². The largest absolute Gasteiger partial charge is 0.450 e. The highest BCUT2D eigenvalue weighted by molar-refractivity contribution is 6.02. The van der Waals surface area contributed by atoms with Gasteiger partial charge in [-0.2, -0.15) is 0 Å². The molecule has 1 saturated heterocycles. The number of carbonyl (C=O) groups is 3. The topological polar surface area (TPSA) is 78.3 Å². The van der Waals surface area contributed by atoms with Gasteiger partial charge in [-0.05, 0) is 37.1 Å². The lowest BCUT2D eigenvalue weighted by atomic mass is 9.96. The molecule has 0 radical (unpaired) electrons. The zero-order chi connectivity index (χ0) is 25.7. The lowest BCUT2D eigenvalue weighted by Gasteiger charge is -2.46.